The normalized spacial score (nSPS) is 13.2. The number of fused-ring (bicyclic) bond motifs is 1. The second kappa shape index (κ2) is 10.1. The van der Waals surface area contributed by atoms with E-state index in [9.17, 15) is 13.6 Å². The summed E-state index contributed by atoms with van der Waals surface area (Å²) in [5.74, 6) is -2.12. The average molecular weight is 456 g/mol. The van der Waals surface area contributed by atoms with E-state index < -0.39 is 11.6 Å². The van der Waals surface area contributed by atoms with Crippen molar-refractivity contribution in [1.29, 1.82) is 0 Å². The fraction of sp³-hybridized carbons (Fsp3) is 0.240. The van der Waals surface area contributed by atoms with Gasteiger partial charge in [-0.2, -0.15) is 0 Å². The van der Waals surface area contributed by atoms with Gasteiger partial charge in [0.1, 0.15) is 0 Å². The van der Waals surface area contributed by atoms with Gasteiger partial charge in [-0.25, -0.2) is 8.78 Å². The molecule has 0 spiro atoms. The van der Waals surface area contributed by atoms with Crippen LogP contribution in [0.4, 0.5) is 14.5 Å². The van der Waals surface area contributed by atoms with Crippen LogP contribution >= 0.6 is 11.6 Å². The molecular weight excluding hydrogens is 432 g/mol. The van der Waals surface area contributed by atoms with Crippen LogP contribution in [0, 0.1) is 11.6 Å². The SMILES string of the molecule is O=C(NCc1ccc(F)c(F)c1)c1ccc(CNc2c(Cl)ccc3c2CCNCC3)cc1. The lowest BCUT2D eigenvalue weighted by atomic mass is 10.0. The van der Waals surface area contributed by atoms with Crippen molar-refractivity contribution in [3.63, 3.8) is 0 Å². The number of halogens is 3. The molecule has 0 unspecified atom stereocenters. The molecule has 0 bridgehead atoms. The molecule has 1 aliphatic heterocycles. The van der Waals surface area contributed by atoms with Crippen LogP contribution in [0.2, 0.25) is 5.02 Å². The standard InChI is InChI=1S/C25H24ClF2N3O/c26-21-7-6-18-9-11-29-12-10-20(18)24(21)30-14-16-1-4-19(5-2-16)25(32)31-15-17-3-8-22(27)23(28)13-17/h1-8,13,29-30H,9-12,14-15H2,(H,31,32). The third-order valence-electron chi connectivity index (χ3n) is 5.60. The lowest BCUT2D eigenvalue weighted by Crippen LogP contribution is -2.22. The Morgan fingerprint density at radius 1 is 0.906 bits per heavy atom. The smallest absolute Gasteiger partial charge is 0.251 e. The maximum absolute atomic E-state index is 13.3. The molecule has 166 valence electrons. The van der Waals surface area contributed by atoms with Gasteiger partial charge < -0.3 is 16.0 Å². The maximum Gasteiger partial charge on any atom is 0.251 e. The molecule has 3 N–H and O–H groups in total. The number of rotatable bonds is 6. The zero-order chi connectivity index (χ0) is 22.5. The minimum atomic E-state index is -0.930. The van der Waals surface area contributed by atoms with Gasteiger partial charge >= 0.3 is 0 Å². The maximum atomic E-state index is 13.3. The predicted octanol–water partition coefficient (Wildman–Crippen LogP) is 4.85. The first-order chi connectivity index (χ1) is 15.5. The first-order valence-electron chi connectivity index (χ1n) is 10.6. The molecule has 4 nitrogen and oxygen atoms in total. The number of nitrogens with one attached hydrogen (secondary N) is 3. The van der Waals surface area contributed by atoms with Gasteiger partial charge in [0.25, 0.3) is 5.91 Å². The summed E-state index contributed by atoms with van der Waals surface area (Å²) in [5.41, 5.74) is 5.55. The number of benzene rings is 3. The molecular formula is C25H24ClF2N3O. The molecule has 0 aliphatic carbocycles. The molecule has 4 rings (SSSR count). The highest BCUT2D eigenvalue weighted by molar-refractivity contribution is 6.33. The fourth-order valence-electron chi connectivity index (χ4n) is 3.83. The molecule has 3 aromatic rings. The van der Waals surface area contributed by atoms with Gasteiger partial charge in [0.2, 0.25) is 0 Å². The topological polar surface area (TPSA) is 53.2 Å². The zero-order valence-electron chi connectivity index (χ0n) is 17.5. The van der Waals surface area contributed by atoms with E-state index in [1.807, 2.05) is 18.2 Å². The van der Waals surface area contributed by atoms with Gasteiger partial charge in [-0.1, -0.05) is 35.9 Å². The molecule has 3 aromatic carbocycles. The monoisotopic (exact) mass is 455 g/mol. The van der Waals surface area contributed by atoms with E-state index in [2.05, 4.69) is 22.0 Å². The van der Waals surface area contributed by atoms with Crippen molar-refractivity contribution in [3.8, 4) is 0 Å². The van der Waals surface area contributed by atoms with Crippen LogP contribution < -0.4 is 16.0 Å². The predicted molar refractivity (Wildman–Crippen MR) is 123 cm³/mol. The van der Waals surface area contributed by atoms with Crippen molar-refractivity contribution in [1.82, 2.24) is 10.6 Å². The molecule has 1 aliphatic rings. The first-order valence-corrected chi connectivity index (χ1v) is 10.9. The van der Waals surface area contributed by atoms with Crippen molar-refractivity contribution < 1.29 is 13.6 Å². The molecule has 0 atom stereocenters. The van der Waals surface area contributed by atoms with E-state index in [0.29, 0.717) is 22.7 Å². The Morgan fingerprint density at radius 3 is 2.44 bits per heavy atom. The van der Waals surface area contributed by atoms with E-state index in [4.69, 9.17) is 11.6 Å². The number of anilines is 1. The minimum Gasteiger partial charge on any atom is -0.380 e. The van der Waals surface area contributed by atoms with Gasteiger partial charge in [0.05, 0.1) is 10.7 Å². The molecule has 0 radical (unpaired) electrons. The average Bonchev–Trinajstić information content (AvgIpc) is 3.05. The highest BCUT2D eigenvalue weighted by atomic mass is 35.5. The largest absolute Gasteiger partial charge is 0.380 e. The number of hydrogen-bond donors (Lipinski definition) is 3. The summed E-state index contributed by atoms with van der Waals surface area (Å²) in [6.07, 6.45) is 1.91. The molecule has 0 aromatic heterocycles. The Balaban J connectivity index is 1.37. The lowest BCUT2D eigenvalue weighted by molar-refractivity contribution is 0.0951. The molecule has 0 saturated carbocycles. The number of hydrogen-bond acceptors (Lipinski definition) is 3. The van der Waals surface area contributed by atoms with E-state index in [0.717, 1.165) is 49.3 Å². The Labute approximate surface area is 191 Å². The van der Waals surface area contributed by atoms with Crippen LogP contribution in [0.5, 0.6) is 0 Å². The van der Waals surface area contributed by atoms with Crippen LogP contribution in [0.15, 0.2) is 54.6 Å². The Bertz CT molecular complexity index is 1120. The zero-order valence-corrected chi connectivity index (χ0v) is 18.2. The Morgan fingerprint density at radius 2 is 1.66 bits per heavy atom. The molecule has 1 heterocycles. The van der Waals surface area contributed by atoms with Crippen LogP contribution in [0.25, 0.3) is 0 Å². The van der Waals surface area contributed by atoms with Crippen LogP contribution in [0.3, 0.4) is 0 Å². The summed E-state index contributed by atoms with van der Waals surface area (Å²) in [6.45, 7) is 2.59. The third-order valence-corrected chi connectivity index (χ3v) is 5.92. The van der Waals surface area contributed by atoms with Crippen molar-refractivity contribution in [2.45, 2.75) is 25.9 Å². The van der Waals surface area contributed by atoms with Gasteiger partial charge in [0.15, 0.2) is 11.6 Å². The second-order valence-corrected chi connectivity index (χ2v) is 8.20. The lowest BCUT2D eigenvalue weighted by Gasteiger charge is -2.16. The van der Waals surface area contributed by atoms with Crippen LogP contribution in [0.1, 0.15) is 32.6 Å². The van der Waals surface area contributed by atoms with Gasteiger partial charge in [0, 0.05) is 18.7 Å². The summed E-state index contributed by atoms with van der Waals surface area (Å²) < 4.78 is 26.3. The summed E-state index contributed by atoms with van der Waals surface area (Å²) in [6, 6.07) is 14.9. The van der Waals surface area contributed by atoms with E-state index in [-0.39, 0.29) is 12.5 Å². The number of amides is 1. The number of carbonyl (C=O) groups excluding carboxylic acids is 1. The molecule has 0 fully saturated rings. The summed E-state index contributed by atoms with van der Waals surface area (Å²) in [4.78, 5) is 12.4. The number of carbonyl (C=O) groups is 1. The van der Waals surface area contributed by atoms with E-state index in [1.54, 1.807) is 12.1 Å². The molecule has 32 heavy (non-hydrogen) atoms. The quantitative estimate of drug-likeness (QED) is 0.498. The highest BCUT2D eigenvalue weighted by Crippen LogP contribution is 2.31. The van der Waals surface area contributed by atoms with E-state index >= 15 is 0 Å². The molecule has 1 amide bonds. The van der Waals surface area contributed by atoms with Crippen LogP contribution in [-0.4, -0.2) is 19.0 Å². The first kappa shape index (κ1) is 22.2. The van der Waals surface area contributed by atoms with Gasteiger partial charge in [-0.05, 0) is 78.5 Å². The second-order valence-electron chi connectivity index (χ2n) is 7.79. The van der Waals surface area contributed by atoms with Crippen molar-refractivity contribution >= 4 is 23.2 Å². The van der Waals surface area contributed by atoms with Gasteiger partial charge in [-0.15, -0.1) is 0 Å². The summed E-state index contributed by atoms with van der Waals surface area (Å²) >= 11 is 6.47. The molecule has 7 heteroatoms. The fourth-order valence-corrected chi connectivity index (χ4v) is 4.08. The Kier molecular flexibility index (Phi) is 7.02. The van der Waals surface area contributed by atoms with Crippen molar-refractivity contribution in [3.05, 3.63) is 99.1 Å². The summed E-state index contributed by atoms with van der Waals surface area (Å²) in [7, 11) is 0. The summed E-state index contributed by atoms with van der Waals surface area (Å²) in [5, 5.41) is 10.3. The third kappa shape index (κ3) is 5.26. The highest BCUT2D eigenvalue weighted by Gasteiger charge is 2.15. The molecule has 0 saturated heterocycles. The van der Waals surface area contributed by atoms with E-state index in [1.165, 1.54) is 17.2 Å². The Hall–Kier alpha value is -2.96. The minimum absolute atomic E-state index is 0.117. The van der Waals surface area contributed by atoms with Gasteiger partial charge in [-0.3, -0.25) is 4.79 Å². The van der Waals surface area contributed by atoms with Crippen molar-refractivity contribution in [2.75, 3.05) is 18.4 Å². The van der Waals surface area contributed by atoms with Crippen LogP contribution in [-0.2, 0) is 25.9 Å². The van der Waals surface area contributed by atoms with Crippen molar-refractivity contribution in [2.24, 2.45) is 0 Å².